The second kappa shape index (κ2) is 2.31. The van der Waals surface area contributed by atoms with Gasteiger partial charge in [-0.2, -0.15) is 0 Å². The Morgan fingerprint density at radius 3 is 3.00 bits per heavy atom. The maximum Gasteiger partial charge on any atom is 0.0894 e. The third-order valence-corrected chi connectivity index (χ3v) is 1.62. The minimum Gasteiger partial charge on any atom is -0.337 e. The van der Waals surface area contributed by atoms with Crippen LogP contribution in [-0.2, 0) is 0 Å². The average molecular weight is 175 g/mol. The minimum absolute atomic E-state index is 0.807. The quantitative estimate of drug-likeness (QED) is 0.540. The highest BCUT2D eigenvalue weighted by Gasteiger charge is 2.04. The van der Waals surface area contributed by atoms with Crippen LogP contribution in [0, 0.1) is 0 Å². The highest BCUT2D eigenvalue weighted by molar-refractivity contribution is 9.11. The van der Waals surface area contributed by atoms with Crippen molar-refractivity contribution in [3.63, 3.8) is 0 Å². The van der Waals surface area contributed by atoms with Gasteiger partial charge < -0.3 is 4.90 Å². The van der Waals surface area contributed by atoms with Crippen molar-refractivity contribution in [3.05, 3.63) is 10.7 Å². The van der Waals surface area contributed by atoms with Crippen molar-refractivity contribution < 1.29 is 0 Å². The van der Waals surface area contributed by atoms with Gasteiger partial charge in [0.2, 0.25) is 0 Å². The highest BCUT2D eigenvalue weighted by Crippen LogP contribution is 2.07. The molecular formula is C5H7BrN2. The molecule has 0 N–H and O–H groups in total. The van der Waals surface area contributed by atoms with Crippen LogP contribution in [0.25, 0.3) is 0 Å². The monoisotopic (exact) mass is 174 g/mol. The largest absolute Gasteiger partial charge is 0.337 e. The molecule has 1 heterocycles. The first-order valence-electron chi connectivity index (χ1n) is 2.36. The molecule has 0 aromatic heterocycles. The smallest absolute Gasteiger partial charge is 0.0894 e. The molecule has 44 valence electrons. The van der Waals surface area contributed by atoms with E-state index < -0.39 is 0 Å². The second-order valence-electron chi connectivity index (χ2n) is 1.67. The molecule has 0 spiro atoms. The van der Waals surface area contributed by atoms with Crippen molar-refractivity contribution in [1.82, 2.24) is 4.90 Å². The van der Waals surface area contributed by atoms with E-state index >= 15 is 0 Å². The van der Waals surface area contributed by atoms with Gasteiger partial charge in [0.15, 0.2) is 0 Å². The number of aliphatic imine (C=N–C) groups is 1. The summed E-state index contributed by atoms with van der Waals surface area (Å²) in [4.78, 5) is 7.89. The molecule has 0 saturated carbocycles. The molecule has 3 heteroatoms. The van der Waals surface area contributed by atoms with E-state index in [1.807, 2.05) is 23.3 Å². The van der Waals surface area contributed by atoms with Crippen molar-refractivity contribution in [3.8, 4) is 0 Å². The summed E-state index contributed by atoms with van der Waals surface area (Å²) in [5.74, 6) is 0. The molecule has 0 atom stereocenters. The highest BCUT2D eigenvalue weighted by atomic mass is 79.9. The van der Waals surface area contributed by atoms with E-state index in [0.29, 0.717) is 0 Å². The molecule has 0 aromatic rings. The summed E-state index contributed by atoms with van der Waals surface area (Å²) in [6.45, 7) is 0.807. The van der Waals surface area contributed by atoms with Gasteiger partial charge in [0.05, 0.1) is 12.9 Å². The van der Waals surface area contributed by atoms with Gasteiger partial charge in [0.25, 0.3) is 0 Å². The molecule has 0 aromatic carbocycles. The van der Waals surface area contributed by atoms with Crippen LogP contribution in [0.4, 0.5) is 0 Å². The van der Waals surface area contributed by atoms with Gasteiger partial charge in [0.1, 0.15) is 0 Å². The number of nitrogens with zero attached hydrogens (tertiary/aromatic N) is 2. The molecule has 0 aliphatic carbocycles. The lowest BCUT2D eigenvalue weighted by Crippen LogP contribution is -2.09. The first-order valence-corrected chi connectivity index (χ1v) is 3.28. The zero-order valence-electron chi connectivity index (χ0n) is 4.63. The normalized spacial score (nSPS) is 23.2. The van der Waals surface area contributed by atoms with Gasteiger partial charge in [-0.15, -0.1) is 0 Å². The zero-order chi connectivity index (χ0) is 5.98. The summed E-state index contributed by atoms with van der Waals surface area (Å²) in [6, 6.07) is 0. The number of likely N-dealkylation sites (N-methyl/N-ethyl adjacent to an activating group) is 1. The van der Waals surface area contributed by atoms with E-state index in [1.165, 1.54) is 5.70 Å². The van der Waals surface area contributed by atoms with Crippen LogP contribution in [0.1, 0.15) is 0 Å². The zero-order valence-corrected chi connectivity index (χ0v) is 6.22. The Balaban J connectivity index is 2.64. The third kappa shape index (κ3) is 0.916. The lowest BCUT2D eigenvalue weighted by molar-refractivity contribution is 0.668. The number of hydrogen-bond donors (Lipinski definition) is 0. The van der Waals surface area contributed by atoms with Crippen molar-refractivity contribution >= 4 is 22.3 Å². The van der Waals surface area contributed by atoms with Gasteiger partial charge in [-0.1, -0.05) is 15.9 Å². The second-order valence-corrected chi connectivity index (χ2v) is 2.13. The molecule has 0 fully saturated rings. The molecule has 0 unspecified atom stereocenters. The van der Waals surface area contributed by atoms with Gasteiger partial charge in [-0.25, -0.2) is 0 Å². The summed E-state index contributed by atoms with van der Waals surface area (Å²) in [5, 5.41) is 0. The van der Waals surface area contributed by atoms with Gasteiger partial charge in [-0.05, 0) is 0 Å². The molecule has 0 bridgehead atoms. The minimum atomic E-state index is 0.807. The Hall–Kier alpha value is -0.310. The van der Waals surface area contributed by atoms with Gasteiger partial charge >= 0.3 is 0 Å². The summed E-state index contributed by atoms with van der Waals surface area (Å²) in [6.07, 6.45) is 1.81. The van der Waals surface area contributed by atoms with Crippen molar-refractivity contribution in [1.29, 1.82) is 0 Å². The lowest BCUT2D eigenvalue weighted by Gasteiger charge is -2.05. The Morgan fingerprint density at radius 2 is 2.75 bits per heavy atom. The molecule has 0 saturated heterocycles. The first kappa shape index (κ1) is 5.82. The number of rotatable bonds is 0. The van der Waals surface area contributed by atoms with Crippen LogP contribution in [0.2, 0.25) is 0 Å². The van der Waals surface area contributed by atoms with E-state index in [4.69, 9.17) is 0 Å². The maximum atomic E-state index is 4.02. The number of halogens is 1. The predicted molar refractivity (Wildman–Crippen MR) is 38.1 cm³/mol. The molecule has 1 rings (SSSR count). The van der Waals surface area contributed by atoms with E-state index in [0.717, 1.165) is 6.54 Å². The van der Waals surface area contributed by atoms with Crippen LogP contribution >= 0.6 is 15.9 Å². The van der Waals surface area contributed by atoms with Crippen LogP contribution in [0.5, 0.6) is 0 Å². The SMILES string of the molecule is CN1C=NC/C1=C/Br. The number of hydrogen-bond acceptors (Lipinski definition) is 2. The molecule has 1 aliphatic rings. The summed E-state index contributed by atoms with van der Waals surface area (Å²) in [7, 11) is 1.98. The van der Waals surface area contributed by atoms with Gasteiger partial charge in [0, 0.05) is 17.7 Å². The Bertz CT molecular complexity index is 139. The summed E-state index contributed by atoms with van der Waals surface area (Å²) in [5.41, 5.74) is 1.20. The van der Waals surface area contributed by atoms with Crippen LogP contribution < -0.4 is 0 Å². The summed E-state index contributed by atoms with van der Waals surface area (Å²) < 4.78 is 0. The molecule has 0 amide bonds. The van der Waals surface area contributed by atoms with Gasteiger partial charge in [-0.3, -0.25) is 4.99 Å². The fourth-order valence-electron chi connectivity index (χ4n) is 0.554. The average Bonchev–Trinajstić information content (AvgIpc) is 2.14. The predicted octanol–water partition coefficient (Wildman–Crippen LogP) is 1.20. The molecule has 1 aliphatic heterocycles. The Labute approximate surface area is 57.0 Å². The Kier molecular flexibility index (Phi) is 1.68. The van der Waals surface area contributed by atoms with Crippen molar-refractivity contribution in [2.75, 3.05) is 13.6 Å². The molecular weight excluding hydrogens is 168 g/mol. The molecule has 0 radical (unpaired) electrons. The van der Waals surface area contributed by atoms with E-state index in [1.54, 1.807) is 0 Å². The molecule has 2 nitrogen and oxygen atoms in total. The molecule has 8 heavy (non-hydrogen) atoms. The van der Waals surface area contributed by atoms with Crippen LogP contribution in [-0.4, -0.2) is 24.8 Å². The van der Waals surface area contributed by atoms with E-state index in [-0.39, 0.29) is 0 Å². The standard InChI is InChI=1S/C5H7BrN2/c1-8-4-7-3-5(8)2-6/h2,4H,3H2,1H3/b5-2-. The topological polar surface area (TPSA) is 15.6 Å². The lowest BCUT2D eigenvalue weighted by atomic mass is 10.5. The maximum absolute atomic E-state index is 4.02. The third-order valence-electron chi connectivity index (χ3n) is 1.09. The Morgan fingerprint density at radius 1 is 2.00 bits per heavy atom. The summed E-state index contributed by atoms with van der Waals surface area (Å²) >= 11 is 3.23. The first-order chi connectivity index (χ1) is 3.84. The fourth-order valence-corrected chi connectivity index (χ4v) is 1.02. The van der Waals surface area contributed by atoms with Crippen LogP contribution in [0.3, 0.4) is 0 Å². The van der Waals surface area contributed by atoms with Crippen molar-refractivity contribution in [2.24, 2.45) is 4.99 Å². The van der Waals surface area contributed by atoms with Crippen LogP contribution in [0.15, 0.2) is 15.7 Å². The van der Waals surface area contributed by atoms with Crippen molar-refractivity contribution in [2.45, 2.75) is 0 Å². The van der Waals surface area contributed by atoms with E-state index in [9.17, 15) is 0 Å². The fraction of sp³-hybridized carbons (Fsp3) is 0.400. The van der Waals surface area contributed by atoms with E-state index in [2.05, 4.69) is 20.9 Å².